The first-order valence-electron chi connectivity index (χ1n) is 6.35. The fraction of sp³-hybridized carbons (Fsp3) is 0.267. The third-order valence-corrected chi connectivity index (χ3v) is 3.17. The summed E-state index contributed by atoms with van der Waals surface area (Å²) in [5, 5.41) is 0. The molecule has 1 fully saturated rings. The van der Waals surface area contributed by atoms with Gasteiger partial charge in [0.15, 0.2) is 5.75 Å². The number of hydrogen-bond acceptors (Lipinski definition) is 3. The normalized spacial score (nSPS) is 14.8. The average molecular weight is 240 g/mol. The van der Waals surface area contributed by atoms with Crippen molar-refractivity contribution < 1.29 is 4.74 Å². The summed E-state index contributed by atoms with van der Waals surface area (Å²) in [6.45, 7) is 2.24. The van der Waals surface area contributed by atoms with E-state index in [0.717, 1.165) is 24.6 Å². The molecule has 2 heterocycles. The van der Waals surface area contributed by atoms with E-state index < -0.39 is 0 Å². The number of rotatable bonds is 3. The minimum absolute atomic E-state index is 0.782. The van der Waals surface area contributed by atoms with Gasteiger partial charge in [0.2, 0.25) is 0 Å². The van der Waals surface area contributed by atoms with Crippen LogP contribution in [0.25, 0.3) is 0 Å². The van der Waals surface area contributed by atoms with Gasteiger partial charge in [0.1, 0.15) is 5.75 Å². The number of benzene rings is 1. The van der Waals surface area contributed by atoms with Crippen LogP contribution < -0.4 is 9.64 Å². The van der Waals surface area contributed by atoms with Gasteiger partial charge in [-0.3, -0.25) is 4.98 Å². The van der Waals surface area contributed by atoms with Crippen LogP contribution in [0.15, 0.2) is 48.8 Å². The molecule has 0 aliphatic carbocycles. The zero-order valence-corrected chi connectivity index (χ0v) is 10.2. The molecule has 0 bridgehead atoms. The molecule has 92 valence electrons. The Hall–Kier alpha value is -2.03. The second kappa shape index (κ2) is 5.08. The van der Waals surface area contributed by atoms with Gasteiger partial charge in [-0.2, -0.15) is 0 Å². The maximum Gasteiger partial charge on any atom is 0.150 e. The minimum atomic E-state index is 0.782. The SMILES string of the molecule is c1cncc(Oc2ccccc2N2CCCC2)c1. The Morgan fingerprint density at radius 3 is 2.61 bits per heavy atom. The molecule has 1 aromatic carbocycles. The lowest BCUT2D eigenvalue weighted by Crippen LogP contribution is -2.18. The van der Waals surface area contributed by atoms with Crippen molar-refractivity contribution in [1.29, 1.82) is 0 Å². The molecule has 2 aromatic rings. The number of aromatic nitrogens is 1. The third kappa shape index (κ3) is 2.30. The molecule has 0 saturated carbocycles. The van der Waals surface area contributed by atoms with Crippen molar-refractivity contribution in [1.82, 2.24) is 4.98 Å². The second-order valence-corrected chi connectivity index (χ2v) is 4.45. The molecule has 1 aliphatic rings. The highest BCUT2D eigenvalue weighted by atomic mass is 16.5. The van der Waals surface area contributed by atoms with Crippen LogP contribution in [-0.2, 0) is 0 Å². The molecule has 1 aliphatic heterocycles. The van der Waals surface area contributed by atoms with Crippen LogP contribution in [0.5, 0.6) is 11.5 Å². The molecule has 3 heteroatoms. The fourth-order valence-corrected chi connectivity index (χ4v) is 2.30. The monoisotopic (exact) mass is 240 g/mol. The summed E-state index contributed by atoms with van der Waals surface area (Å²) >= 11 is 0. The van der Waals surface area contributed by atoms with Gasteiger partial charge in [-0.25, -0.2) is 0 Å². The highest BCUT2D eigenvalue weighted by Gasteiger charge is 2.16. The van der Waals surface area contributed by atoms with Gasteiger partial charge in [-0.1, -0.05) is 12.1 Å². The summed E-state index contributed by atoms with van der Waals surface area (Å²) in [5.41, 5.74) is 1.18. The molecule has 0 amide bonds. The molecule has 3 rings (SSSR count). The predicted octanol–water partition coefficient (Wildman–Crippen LogP) is 3.47. The van der Waals surface area contributed by atoms with E-state index in [4.69, 9.17) is 4.74 Å². The molecule has 3 nitrogen and oxygen atoms in total. The van der Waals surface area contributed by atoms with Crippen molar-refractivity contribution in [3.8, 4) is 11.5 Å². The van der Waals surface area contributed by atoms with E-state index in [2.05, 4.69) is 22.0 Å². The third-order valence-electron chi connectivity index (χ3n) is 3.17. The average Bonchev–Trinajstić information content (AvgIpc) is 2.94. The largest absolute Gasteiger partial charge is 0.454 e. The van der Waals surface area contributed by atoms with Crippen molar-refractivity contribution in [3.63, 3.8) is 0 Å². The Labute approximate surface area is 107 Å². The van der Waals surface area contributed by atoms with Crippen molar-refractivity contribution >= 4 is 5.69 Å². The van der Waals surface area contributed by atoms with Crippen molar-refractivity contribution in [2.24, 2.45) is 0 Å². The van der Waals surface area contributed by atoms with Crippen molar-refractivity contribution in [2.45, 2.75) is 12.8 Å². The van der Waals surface area contributed by atoms with E-state index >= 15 is 0 Å². The quantitative estimate of drug-likeness (QED) is 0.821. The van der Waals surface area contributed by atoms with Crippen LogP contribution in [0.3, 0.4) is 0 Å². The zero-order valence-electron chi connectivity index (χ0n) is 10.2. The van der Waals surface area contributed by atoms with Gasteiger partial charge in [0.05, 0.1) is 11.9 Å². The van der Waals surface area contributed by atoms with Crippen molar-refractivity contribution in [3.05, 3.63) is 48.8 Å². The standard InChI is InChI=1S/C15H16N2O/c1-2-8-15(18-13-6-5-9-16-12-13)14(7-1)17-10-3-4-11-17/h1-2,5-9,12H,3-4,10-11H2. The Kier molecular flexibility index (Phi) is 3.13. The highest BCUT2D eigenvalue weighted by molar-refractivity contribution is 5.59. The Morgan fingerprint density at radius 1 is 1.00 bits per heavy atom. The molecule has 1 aromatic heterocycles. The first-order valence-corrected chi connectivity index (χ1v) is 6.35. The first kappa shape index (κ1) is 11.1. The van der Waals surface area contributed by atoms with Crippen LogP contribution in [0.2, 0.25) is 0 Å². The minimum Gasteiger partial charge on any atom is -0.454 e. The number of pyridine rings is 1. The van der Waals surface area contributed by atoms with E-state index in [1.165, 1.54) is 18.5 Å². The van der Waals surface area contributed by atoms with Gasteiger partial charge in [-0.05, 0) is 37.1 Å². The number of ether oxygens (including phenoxy) is 1. The smallest absolute Gasteiger partial charge is 0.150 e. The van der Waals surface area contributed by atoms with E-state index in [-0.39, 0.29) is 0 Å². The molecule has 0 N–H and O–H groups in total. The molecule has 0 spiro atoms. The van der Waals surface area contributed by atoms with Gasteiger partial charge < -0.3 is 9.64 Å². The van der Waals surface area contributed by atoms with Crippen molar-refractivity contribution in [2.75, 3.05) is 18.0 Å². The number of para-hydroxylation sites is 2. The maximum atomic E-state index is 5.92. The van der Waals surface area contributed by atoms with E-state index in [1.807, 2.05) is 24.3 Å². The lowest BCUT2D eigenvalue weighted by atomic mass is 10.2. The predicted molar refractivity (Wildman–Crippen MR) is 72.2 cm³/mol. The van der Waals surface area contributed by atoms with Gasteiger partial charge in [0, 0.05) is 19.3 Å². The zero-order chi connectivity index (χ0) is 12.2. The van der Waals surface area contributed by atoms with Crippen LogP contribution in [-0.4, -0.2) is 18.1 Å². The summed E-state index contributed by atoms with van der Waals surface area (Å²) in [6.07, 6.45) is 6.02. The molecule has 0 radical (unpaired) electrons. The summed E-state index contributed by atoms with van der Waals surface area (Å²) < 4.78 is 5.92. The molecule has 18 heavy (non-hydrogen) atoms. The molecule has 1 saturated heterocycles. The summed E-state index contributed by atoms with van der Waals surface area (Å²) in [6, 6.07) is 12.0. The van der Waals surface area contributed by atoms with E-state index in [1.54, 1.807) is 12.4 Å². The summed E-state index contributed by atoms with van der Waals surface area (Å²) in [7, 11) is 0. The van der Waals surface area contributed by atoms with Crippen LogP contribution in [0, 0.1) is 0 Å². The van der Waals surface area contributed by atoms with E-state index in [0.29, 0.717) is 0 Å². The van der Waals surface area contributed by atoms with Crippen LogP contribution in [0.4, 0.5) is 5.69 Å². The maximum absolute atomic E-state index is 5.92. The summed E-state index contributed by atoms with van der Waals surface area (Å²) in [5.74, 6) is 1.69. The Bertz CT molecular complexity index is 507. The molecule has 0 unspecified atom stereocenters. The van der Waals surface area contributed by atoms with E-state index in [9.17, 15) is 0 Å². The Morgan fingerprint density at radius 2 is 1.83 bits per heavy atom. The van der Waals surface area contributed by atoms with Crippen LogP contribution in [0.1, 0.15) is 12.8 Å². The van der Waals surface area contributed by atoms with Gasteiger partial charge in [0.25, 0.3) is 0 Å². The number of anilines is 1. The summed E-state index contributed by atoms with van der Waals surface area (Å²) in [4.78, 5) is 6.45. The second-order valence-electron chi connectivity index (χ2n) is 4.45. The Balaban J connectivity index is 1.87. The molecule has 0 atom stereocenters. The lowest BCUT2D eigenvalue weighted by molar-refractivity contribution is 0.480. The van der Waals surface area contributed by atoms with Crippen LogP contribution >= 0.6 is 0 Å². The topological polar surface area (TPSA) is 25.4 Å². The number of hydrogen-bond donors (Lipinski definition) is 0. The molecular formula is C15H16N2O. The molecular weight excluding hydrogens is 224 g/mol. The van der Waals surface area contributed by atoms with Gasteiger partial charge >= 0.3 is 0 Å². The number of nitrogens with zero attached hydrogens (tertiary/aromatic N) is 2. The first-order chi connectivity index (χ1) is 8.93. The highest BCUT2D eigenvalue weighted by Crippen LogP contribution is 2.33. The van der Waals surface area contributed by atoms with Gasteiger partial charge in [-0.15, -0.1) is 0 Å². The lowest BCUT2D eigenvalue weighted by Gasteiger charge is -2.20. The fourth-order valence-electron chi connectivity index (χ4n) is 2.30.